The average Bonchev–Trinajstić information content (AvgIpc) is 3.18. The molecule has 7 nitrogen and oxygen atoms in total. The lowest BCUT2D eigenvalue weighted by atomic mass is 10.1. The molecule has 29 heavy (non-hydrogen) atoms. The number of hydrogen-bond donors (Lipinski definition) is 2. The number of hydrogen-bond acceptors (Lipinski definition) is 5. The van der Waals surface area contributed by atoms with Crippen molar-refractivity contribution in [1.82, 2.24) is 9.78 Å². The van der Waals surface area contributed by atoms with Gasteiger partial charge in [-0.25, -0.2) is 0 Å². The first kappa shape index (κ1) is 18.9. The summed E-state index contributed by atoms with van der Waals surface area (Å²) in [6.45, 7) is 4.42. The normalized spacial score (nSPS) is 11.7. The third-order valence-electron chi connectivity index (χ3n) is 4.95. The zero-order valence-electron chi connectivity index (χ0n) is 16.8. The molecule has 3 aromatic rings. The van der Waals surface area contributed by atoms with Crippen LogP contribution in [0.1, 0.15) is 23.6 Å². The molecule has 1 aliphatic rings. The largest absolute Gasteiger partial charge is 0.494 e. The Bertz CT molecular complexity index is 1090. The van der Waals surface area contributed by atoms with Gasteiger partial charge in [-0.2, -0.15) is 5.10 Å². The van der Waals surface area contributed by atoms with E-state index in [0.717, 1.165) is 46.1 Å². The van der Waals surface area contributed by atoms with Crippen LogP contribution >= 0.6 is 0 Å². The van der Waals surface area contributed by atoms with E-state index in [4.69, 9.17) is 15.2 Å². The summed E-state index contributed by atoms with van der Waals surface area (Å²) in [7, 11) is 1.93. The molecule has 0 aliphatic heterocycles. The molecule has 0 saturated heterocycles. The average molecular weight is 392 g/mol. The lowest BCUT2D eigenvalue weighted by Gasteiger charge is -2.11. The highest BCUT2D eigenvalue weighted by Crippen LogP contribution is 2.43. The van der Waals surface area contributed by atoms with Crippen molar-refractivity contribution < 1.29 is 14.3 Å². The number of carbonyl (C=O) groups is 1. The fourth-order valence-electron chi connectivity index (χ4n) is 3.75. The van der Waals surface area contributed by atoms with Gasteiger partial charge >= 0.3 is 0 Å². The standard InChI is InChI=1S/C22H24N4O3/c1-4-28-16-7-5-6-15(10-16)24-22-18-9-14-8-13(2)19(29-12-20(23)27)11-17(14)21(18)26(3)25-22/h5-8,10-11H,4,9,12H2,1-3H3,(H2,23,27)(H,24,25). The molecular weight excluding hydrogens is 368 g/mol. The molecule has 0 saturated carbocycles. The van der Waals surface area contributed by atoms with Gasteiger partial charge in [0.15, 0.2) is 12.4 Å². The third-order valence-corrected chi connectivity index (χ3v) is 4.95. The Kier molecular flexibility index (Phi) is 4.88. The fraction of sp³-hybridized carbons (Fsp3) is 0.273. The van der Waals surface area contributed by atoms with E-state index in [2.05, 4.69) is 16.5 Å². The Balaban J connectivity index is 1.66. The van der Waals surface area contributed by atoms with Crippen molar-refractivity contribution >= 4 is 17.4 Å². The molecule has 4 rings (SSSR count). The first-order valence-electron chi connectivity index (χ1n) is 9.57. The van der Waals surface area contributed by atoms with Crippen LogP contribution in [-0.4, -0.2) is 28.9 Å². The Labute approximate surface area is 169 Å². The highest BCUT2D eigenvalue weighted by Gasteiger charge is 2.28. The molecule has 0 unspecified atom stereocenters. The minimum absolute atomic E-state index is 0.138. The van der Waals surface area contributed by atoms with Crippen molar-refractivity contribution in [3.8, 4) is 22.8 Å². The van der Waals surface area contributed by atoms with Crippen LogP contribution in [0.4, 0.5) is 11.5 Å². The van der Waals surface area contributed by atoms with Gasteiger partial charge in [-0.05, 0) is 43.2 Å². The van der Waals surface area contributed by atoms with E-state index >= 15 is 0 Å². The van der Waals surface area contributed by atoms with Gasteiger partial charge < -0.3 is 20.5 Å². The topological polar surface area (TPSA) is 91.4 Å². The summed E-state index contributed by atoms with van der Waals surface area (Å²) in [6, 6.07) is 11.9. The molecule has 0 fully saturated rings. The molecule has 7 heteroatoms. The SMILES string of the molecule is CCOc1cccc(Nc2nn(C)c3c2Cc2cc(C)c(OCC(N)=O)cc2-3)c1. The molecule has 1 aliphatic carbocycles. The molecule has 2 aromatic carbocycles. The summed E-state index contributed by atoms with van der Waals surface area (Å²) in [5.74, 6) is 1.81. The number of rotatable bonds is 7. The lowest BCUT2D eigenvalue weighted by Crippen LogP contribution is -2.20. The molecule has 0 bridgehead atoms. The molecule has 1 aromatic heterocycles. The maximum atomic E-state index is 11.1. The Morgan fingerprint density at radius 1 is 1.28 bits per heavy atom. The number of aromatic nitrogens is 2. The predicted octanol–water partition coefficient (Wildman–Crippen LogP) is 3.31. The van der Waals surface area contributed by atoms with E-state index < -0.39 is 5.91 Å². The monoisotopic (exact) mass is 392 g/mol. The Morgan fingerprint density at radius 2 is 2.10 bits per heavy atom. The lowest BCUT2D eigenvalue weighted by molar-refractivity contribution is -0.119. The number of anilines is 2. The van der Waals surface area contributed by atoms with Gasteiger partial charge in [0.1, 0.15) is 11.5 Å². The third kappa shape index (κ3) is 3.63. The summed E-state index contributed by atoms with van der Waals surface area (Å²) < 4.78 is 13.0. The molecule has 0 spiro atoms. The second kappa shape index (κ2) is 7.50. The van der Waals surface area contributed by atoms with Gasteiger partial charge in [0.25, 0.3) is 5.91 Å². The molecule has 0 atom stereocenters. The number of ether oxygens (including phenoxy) is 2. The molecule has 0 radical (unpaired) electrons. The number of fused-ring (bicyclic) bond motifs is 3. The number of nitrogens with two attached hydrogens (primary N) is 1. The Hall–Kier alpha value is -3.48. The van der Waals surface area contributed by atoms with Gasteiger partial charge in [-0.1, -0.05) is 12.1 Å². The van der Waals surface area contributed by atoms with Crippen molar-refractivity contribution in [2.24, 2.45) is 12.8 Å². The summed E-state index contributed by atoms with van der Waals surface area (Å²) >= 11 is 0. The number of carbonyl (C=O) groups excluding carboxylic acids is 1. The molecule has 3 N–H and O–H groups in total. The number of benzene rings is 2. The summed E-state index contributed by atoms with van der Waals surface area (Å²) in [5.41, 5.74) is 11.6. The van der Waals surface area contributed by atoms with Gasteiger partial charge in [0.05, 0.1) is 12.3 Å². The van der Waals surface area contributed by atoms with Crippen LogP contribution in [0.15, 0.2) is 36.4 Å². The van der Waals surface area contributed by atoms with Crippen molar-refractivity contribution in [1.29, 1.82) is 0 Å². The number of aryl methyl sites for hydroxylation is 2. The Morgan fingerprint density at radius 3 is 2.86 bits per heavy atom. The van der Waals surface area contributed by atoms with Gasteiger partial charge in [0.2, 0.25) is 0 Å². The van der Waals surface area contributed by atoms with Crippen LogP contribution in [0.2, 0.25) is 0 Å². The van der Waals surface area contributed by atoms with Crippen LogP contribution in [0.5, 0.6) is 11.5 Å². The summed E-state index contributed by atoms with van der Waals surface area (Å²) in [6.07, 6.45) is 0.781. The van der Waals surface area contributed by atoms with E-state index in [1.165, 1.54) is 5.56 Å². The van der Waals surface area contributed by atoms with E-state index in [0.29, 0.717) is 12.4 Å². The number of primary amides is 1. The fourth-order valence-corrected chi connectivity index (χ4v) is 3.75. The van der Waals surface area contributed by atoms with Crippen LogP contribution in [0.3, 0.4) is 0 Å². The highest BCUT2D eigenvalue weighted by atomic mass is 16.5. The smallest absolute Gasteiger partial charge is 0.255 e. The van der Waals surface area contributed by atoms with Crippen molar-refractivity contribution in [2.75, 3.05) is 18.5 Å². The van der Waals surface area contributed by atoms with E-state index in [-0.39, 0.29) is 6.61 Å². The van der Waals surface area contributed by atoms with Crippen molar-refractivity contribution in [2.45, 2.75) is 20.3 Å². The summed E-state index contributed by atoms with van der Waals surface area (Å²) in [5, 5.41) is 8.10. The maximum Gasteiger partial charge on any atom is 0.255 e. The number of nitrogens with one attached hydrogen (secondary N) is 1. The van der Waals surface area contributed by atoms with Gasteiger partial charge in [-0.15, -0.1) is 0 Å². The molecule has 150 valence electrons. The first-order valence-corrected chi connectivity index (χ1v) is 9.57. The maximum absolute atomic E-state index is 11.1. The molecule has 1 amide bonds. The van der Waals surface area contributed by atoms with E-state index in [9.17, 15) is 4.79 Å². The quantitative estimate of drug-likeness (QED) is 0.503. The molecular formula is C22H24N4O3. The van der Waals surface area contributed by atoms with E-state index in [1.54, 1.807) is 0 Å². The zero-order valence-corrected chi connectivity index (χ0v) is 16.8. The number of nitrogens with zero attached hydrogens (tertiary/aromatic N) is 2. The highest BCUT2D eigenvalue weighted by molar-refractivity contribution is 5.82. The molecule has 1 heterocycles. The van der Waals surface area contributed by atoms with Crippen molar-refractivity contribution in [3.05, 3.63) is 53.1 Å². The van der Waals surface area contributed by atoms with E-state index in [1.807, 2.05) is 55.9 Å². The minimum Gasteiger partial charge on any atom is -0.494 e. The van der Waals surface area contributed by atoms with Crippen LogP contribution in [0.25, 0.3) is 11.3 Å². The number of amides is 1. The van der Waals surface area contributed by atoms with Gasteiger partial charge in [-0.3, -0.25) is 9.48 Å². The van der Waals surface area contributed by atoms with Crippen LogP contribution < -0.4 is 20.5 Å². The first-order chi connectivity index (χ1) is 14.0. The van der Waals surface area contributed by atoms with Crippen LogP contribution in [0, 0.1) is 6.92 Å². The van der Waals surface area contributed by atoms with Crippen LogP contribution in [-0.2, 0) is 18.3 Å². The summed E-state index contributed by atoms with van der Waals surface area (Å²) in [4.78, 5) is 11.1. The van der Waals surface area contributed by atoms with Crippen molar-refractivity contribution in [3.63, 3.8) is 0 Å². The van der Waals surface area contributed by atoms with Gasteiger partial charge in [0, 0.05) is 36.3 Å². The minimum atomic E-state index is -0.494. The zero-order chi connectivity index (χ0) is 20.5. The second-order valence-corrected chi connectivity index (χ2v) is 7.09. The second-order valence-electron chi connectivity index (χ2n) is 7.09. The predicted molar refractivity (Wildman–Crippen MR) is 112 cm³/mol.